The Labute approximate surface area is 73.8 Å². The third kappa shape index (κ3) is 2.48. The van der Waals surface area contributed by atoms with Crippen LogP contribution in [0.2, 0.25) is 5.15 Å². The van der Waals surface area contributed by atoms with E-state index in [-0.39, 0.29) is 0 Å². The summed E-state index contributed by atoms with van der Waals surface area (Å²) in [5.41, 5.74) is 0. The molecular weight excluding hydrogens is 186 g/mol. The predicted molar refractivity (Wildman–Crippen MR) is 48.1 cm³/mol. The van der Waals surface area contributed by atoms with Gasteiger partial charge in [0.25, 0.3) is 0 Å². The number of rotatable bonds is 2. The van der Waals surface area contributed by atoms with Crippen LogP contribution in [-0.2, 0) is 0 Å². The summed E-state index contributed by atoms with van der Waals surface area (Å²) >= 11 is 8.97. The van der Waals surface area contributed by atoms with Crippen molar-refractivity contribution in [3.05, 3.63) is 10.5 Å². The first kappa shape index (κ1) is 8.37. The summed E-state index contributed by atoms with van der Waals surface area (Å²) in [4.78, 5) is 4.10. The highest BCUT2D eigenvalue weighted by molar-refractivity contribution is 8.01. The van der Waals surface area contributed by atoms with Crippen LogP contribution >= 0.6 is 34.7 Å². The van der Waals surface area contributed by atoms with Crippen molar-refractivity contribution < 1.29 is 0 Å². The van der Waals surface area contributed by atoms with Gasteiger partial charge in [-0.25, -0.2) is 4.98 Å². The van der Waals surface area contributed by atoms with Gasteiger partial charge in [-0.1, -0.05) is 37.2 Å². The van der Waals surface area contributed by atoms with E-state index in [1.165, 1.54) is 0 Å². The van der Waals surface area contributed by atoms with Gasteiger partial charge in [-0.15, -0.1) is 11.3 Å². The maximum Gasteiger partial charge on any atom is 0.151 e. The van der Waals surface area contributed by atoms with Gasteiger partial charge in [0.1, 0.15) is 5.15 Å². The van der Waals surface area contributed by atoms with Crippen molar-refractivity contribution in [3.63, 3.8) is 0 Å². The number of hydrogen-bond donors (Lipinski definition) is 0. The predicted octanol–water partition coefficient (Wildman–Crippen LogP) is 3.30. The quantitative estimate of drug-likeness (QED) is 0.669. The Bertz CT molecular complexity index is 209. The molecule has 4 heteroatoms. The second kappa shape index (κ2) is 3.60. The molecule has 0 N–H and O–H groups in total. The molecule has 1 aromatic heterocycles. The number of thiazole rings is 1. The van der Waals surface area contributed by atoms with Crippen LogP contribution in [0.15, 0.2) is 9.72 Å². The van der Waals surface area contributed by atoms with E-state index in [0.29, 0.717) is 10.4 Å². The molecule has 0 unspecified atom stereocenters. The molecule has 0 atom stereocenters. The number of hydrogen-bond acceptors (Lipinski definition) is 3. The first-order chi connectivity index (χ1) is 4.68. The van der Waals surface area contributed by atoms with Crippen LogP contribution in [-0.4, -0.2) is 10.2 Å². The first-order valence-electron chi connectivity index (χ1n) is 2.96. The number of thioether (sulfide) groups is 1. The topological polar surface area (TPSA) is 12.9 Å². The number of halogens is 1. The number of nitrogens with zero attached hydrogens (tertiary/aromatic N) is 1. The van der Waals surface area contributed by atoms with Crippen LogP contribution in [0.3, 0.4) is 0 Å². The maximum atomic E-state index is 5.63. The lowest BCUT2D eigenvalue weighted by atomic mass is 10.6. The van der Waals surface area contributed by atoms with E-state index in [2.05, 4.69) is 18.8 Å². The Hall–Kier alpha value is 0.270. The highest BCUT2D eigenvalue weighted by atomic mass is 35.5. The van der Waals surface area contributed by atoms with Gasteiger partial charge in [0.05, 0.1) is 0 Å². The second-order valence-corrected chi connectivity index (χ2v) is 5.17. The van der Waals surface area contributed by atoms with Gasteiger partial charge in [-0.2, -0.15) is 0 Å². The average Bonchev–Trinajstić information content (AvgIpc) is 2.13. The molecule has 0 radical (unpaired) electrons. The standard InChI is InChI=1S/C6H8ClNS2/c1-4(2)10-6-8-5(7)3-9-6/h3-4H,1-2H3. The molecule has 10 heavy (non-hydrogen) atoms. The van der Waals surface area contributed by atoms with Crippen molar-refractivity contribution in [3.8, 4) is 0 Å². The van der Waals surface area contributed by atoms with Gasteiger partial charge < -0.3 is 0 Å². The normalized spacial score (nSPS) is 10.8. The third-order valence-corrected chi connectivity index (χ3v) is 3.09. The molecule has 1 nitrogen and oxygen atoms in total. The summed E-state index contributed by atoms with van der Waals surface area (Å²) < 4.78 is 1.06. The lowest BCUT2D eigenvalue weighted by Crippen LogP contribution is -1.83. The van der Waals surface area contributed by atoms with Crippen molar-refractivity contribution >= 4 is 34.7 Å². The summed E-state index contributed by atoms with van der Waals surface area (Å²) in [5.74, 6) is 0. The molecule has 0 saturated heterocycles. The van der Waals surface area contributed by atoms with Crippen LogP contribution in [0.1, 0.15) is 13.8 Å². The van der Waals surface area contributed by atoms with E-state index < -0.39 is 0 Å². The summed E-state index contributed by atoms with van der Waals surface area (Å²) in [7, 11) is 0. The number of aromatic nitrogens is 1. The Kier molecular flexibility index (Phi) is 3.01. The first-order valence-corrected chi connectivity index (χ1v) is 5.10. The van der Waals surface area contributed by atoms with Crippen LogP contribution in [0.25, 0.3) is 0 Å². The molecule has 0 bridgehead atoms. The average molecular weight is 194 g/mol. The van der Waals surface area contributed by atoms with Gasteiger partial charge in [-0.3, -0.25) is 0 Å². The monoisotopic (exact) mass is 193 g/mol. The molecule has 0 amide bonds. The van der Waals surface area contributed by atoms with E-state index in [9.17, 15) is 0 Å². The molecule has 0 fully saturated rings. The maximum absolute atomic E-state index is 5.63. The zero-order valence-electron chi connectivity index (χ0n) is 5.80. The van der Waals surface area contributed by atoms with Crippen molar-refractivity contribution in [2.24, 2.45) is 0 Å². The van der Waals surface area contributed by atoms with Crippen LogP contribution in [0.5, 0.6) is 0 Å². The Morgan fingerprint density at radius 1 is 1.70 bits per heavy atom. The zero-order chi connectivity index (χ0) is 7.56. The van der Waals surface area contributed by atoms with Gasteiger partial charge in [0, 0.05) is 10.6 Å². The summed E-state index contributed by atoms with van der Waals surface area (Å²) in [5, 5.41) is 3.04. The van der Waals surface area contributed by atoms with Crippen LogP contribution < -0.4 is 0 Å². The summed E-state index contributed by atoms with van der Waals surface area (Å²) in [6, 6.07) is 0. The van der Waals surface area contributed by atoms with E-state index in [1.807, 2.05) is 5.38 Å². The lowest BCUT2D eigenvalue weighted by Gasteiger charge is -1.97. The second-order valence-electron chi connectivity index (χ2n) is 2.10. The third-order valence-electron chi connectivity index (χ3n) is 0.792. The molecule has 1 aromatic rings. The Balaban J connectivity index is 2.58. The van der Waals surface area contributed by atoms with Gasteiger partial charge in [0.15, 0.2) is 4.34 Å². The fourth-order valence-corrected chi connectivity index (χ4v) is 2.71. The van der Waals surface area contributed by atoms with Crippen molar-refractivity contribution in [1.29, 1.82) is 0 Å². The molecule has 0 saturated carbocycles. The van der Waals surface area contributed by atoms with E-state index in [1.54, 1.807) is 23.1 Å². The van der Waals surface area contributed by atoms with E-state index in [4.69, 9.17) is 11.6 Å². The van der Waals surface area contributed by atoms with Crippen LogP contribution in [0, 0.1) is 0 Å². The molecule has 0 aliphatic carbocycles. The highest BCUT2D eigenvalue weighted by Gasteiger charge is 2.01. The highest BCUT2D eigenvalue weighted by Crippen LogP contribution is 2.27. The Morgan fingerprint density at radius 3 is 2.80 bits per heavy atom. The minimum Gasteiger partial charge on any atom is -0.218 e. The molecule has 0 aliphatic rings. The summed E-state index contributed by atoms with van der Waals surface area (Å²) in [6.45, 7) is 4.28. The molecule has 0 aromatic carbocycles. The van der Waals surface area contributed by atoms with E-state index >= 15 is 0 Å². The lowest BCUT2D eigenvalue weighted by molar-refractivity contribution is 1.10. The minimum absolute atomic E-state index is 0.585. The molecular formula is C6H8ClNS2. The zero-order valence-corrected chi connectivity index (χ0v) is 8.19. The fraction of sp³-hybridized carbons (Fsp3) is 0.500. The van der Waals surface area contributed by atoms with E-state index in [0.717, 1.165) is 4.34 Å². The van der Waals surface area contributed by atoms with Crippen LogP contribution in [0.4, 0.5) is 0 Å². The SMILES string of the molecule is CC(C)Sc1nc(Cl)cs1. The molecule has 1 heterocycles. The van der Waals surface area contributed by atoms with Crippen molar-refractivity contribution in [2.45, 2.75) is 23.4 Å². The van der Waals surface area contributed by atoms with Gasteiger partial charge >= 0.3 is 0 Å². The largest absolute Gasteiger partial charge is 0.218 e. The van der Waals surface area contributed by atoms with Gasteiger partial charge in [0.2, 0.25) is 0 Å². The fourth-order valence-electron chi connectivity index (χ4n) is 0.495. The molecule has 1 rings (SSSR count). The summed E-state index contributed by atoms with van der Waals surface area (Å²) in [6.07, 6.45) is 0. The smallest absolute Gasteiger partial charge is 0.151 e. The minimum atomic E-state index is 0.585. The van der Waals surface area contributed by atoms with Crippen molar-refractivity contribution in [1.82, 2.24) is 4.98 Å². The van der Waals surface area contributed by atoms with Crippen molar-refractivity contribution in [2.75, 3.05) is 0 Å². The Morgan fingerprint density at radius 2 is 2.40 bits per heavy atom. The molecule has 56 valence electrons. The molecule has 0 aliphatic heterocycles. The molecule has 0 spiro atoms. The van der Waals surface area contributed by atoms with Gasteiger partial charge in [-0.05, 0) is 0 Å².